The summed E-state index contributed by atoms with van der Waals surface area (Å²) in [5.74, 6) is 5.44. The fourth-order valence-electron chi connectivity index (χ4n) is 2.14. The second kappa shape index (κ2) is 6.28. The van der Waals surface area contributed by atoms with Crippen LogP contribution in [0.5, 0.6) is 0 Å². The van der Waals surface area contributed by atoms with Gasteiger partial charge in [0.2, 0.25) is 0 Å². The first-order valence-corrected chi connectivity index (χ1v) is 6.87. The van der Waals surface area contributed by atoms with Crippen LogP contribution in [-0.4, -0.2) is 0 Å². The highest BCUT2D eigenvalue weighted by Gasteiger charge is 2.15. The SMILES string of the molecule is Cc1c(Br)cccc1C(Cc1ccccc1F)NN. The minimum atomic E-state index is -0.199. The van der Waals surface area contributed by atoms with Crippen molar-refractivity contribution >= 4 is 15.9 Å². The standard InChI is InChI=1S/C15H16BrFN2/c1-10-12(6-4-7-13(10)16)15(19-18)9-11-5-2-3-8-14(11)17/h2-8,15,19H,9,18H2,1H3. The maximum atomic E-state index is 13.7. The van der Waals surface area contributed by atoms with Crippen LogP contribution < -0.4 is 11.3 Å². The quantitative estimate of drug-likeness (QED) is 0.666. The molecule has 2 aromatic carbocycles. The van der Waals surface area contributed by atoms with Gasteiger partial charge in [-0.3, -0.25) is 11.3 Å². The van der Waals surface area contributed by atoms with E-state index in [0.29, 0.717) is 12.0 Å². The molecule has 0 radical (unpaired) electrons. The van der Waals surface area contributed by atoms with Crippen molar-refractivity contribution in [2.75, 3.05) is 0 Å². The Bertz CT molecular complexity index is 572. The van der Waals surface area contributed by atoms with Gasteiger partial charge in [-0.05, 0) is 42.2 Å². The Morgan fingerprint density at radius 2 is 1.95 bits per heavy atom. The molecule has 0 aliphatic heterocycles. The van der Waals surface area contributed by atoms with Gasteiger partial charge < -0.3 is 0 Å². The monoisotopic (exact) mass is 322 g/mol. The first kappa shape index (κ1) is 14.2. The molecule has 0 saturated carbocycles. The Morgan fingerprint density at radius 3 is 2.63 bits per heavy atom. The molecule has 0 aliphatic carbocycles. The molecule has 100 valence electrons. The average Bonchev–Trinajstić information content (AvgIpc) is 2.41. The summed E-state index contributed by atoms with van der Waals surface area (Å²) in [7, 11) is 0. The Hall–Kier alpha value is -1.23. The lowest BCUT2D eigenvalue weighted by molar-refractivity contribution is 0.527. The number of hydrogen-bond donors (Lipinski definition) is 2. The number of halogens is 2. The van der Waals surface area contributed by atoms with Gasteiger partial charge in [-0.15, -0.1) is 0 Å². The molecule has 0 spiro atoms. The molecule has 0 saturated heterocycles. The predicted molar refractivity (Wildman–Crippen MR) is 79.0 cm³/mol. The summed E-state index contributed by atoms with van der Waals surface area (Å²) in [5, 5.41) is 0. The molecule has 0 aromatic heterocycles. The Morgan fingerprint density at radius 1 is 1.21 bits per heavy atom. The third kappa shape index (κ3) is 3.21. The molecule has 2 rings (SSSR count). The van der Waals surface area contributed by atoms with Gasteiger partial charge in [0.15, 0.2) is 0 Å². The summed E-state index contributed by atoms with van der Waals surface area (Å²) >= 11 is 3.50. The maximum Gasteiger partial charge on any atom is 0.126 e. The van der Waals surface area contributed by atoms with Gasteiger partial charge in [0.1, 0.15) is 5.82 Å². The van der Waals surface area contributed by atoms with Crippen LogP contribution in [0.1, 0.15) is 22.7 Å². The summed E-state index contributed by atoms with van der Waals surface area (Å²) in [4.78, 5) is 0. The summed E-state index contributed by atoms with van der Waals surface area (Å²) < 4.78 is 14.7. The molecule has 3 N–H and O–H groups in total. The molecule has 0 aliphatic rings. The van der Waals surface area contributed by atoms with Crippen LogP contribution in [0.2, 0.25) is 0 Å². The molecule has 0 bridgehead atoms. The molecular weight excluding hydrogens is 307 g/mol. The van der Waals surface area contributed by atoms with E-state index in [-0.39, 0.29) is 11.9 Å². The van der Waals surface area contributed by atoms with E-state index in [1.165, 1.54) is 6.07 Å². The zero-order chi connectivity index (χ0) is 13.8. The second-order valence-electron chi connectivity index (χ2n) is 4.47. The van der Waals surface area contributed by atoms with E-state index < -0.39 is 0 Å². The normalized spacial score (nSPS) is 12.4. The van der Waals surface area contributed by atoms with Crippen molar-refractivity contribution in [2.24, 2.45) is 5.84 Å². The number of nitrogens with one attached hydrogen (secondary N) is 1. The molecule has 2 aromatic rings. The first-order chi connectivity index (χ1) is 9.13. The van der Waals surface area contributed by atoms with Gasteiger partial charge in [-0.2, -0.15) is 0 Å². The van der Waals surface area contributed by atoms with Crippen molar-refractivity contribution < 1.29 is 4.39 Å². The van der Waals surface area contributed by atoms with E-state index in [2.05, 4.69) is 21.4 Å². The smallest absolute Gasteiger partial charge is 0.126 e. The first-order valence-electron chi connectivity index (χ1n) is 6.08. The molecule has 19 heavy (non-hydrogen) atoms. The maximum absolute atomic E-state index is 13.7. The van der Waals surface area contributed by atoms with Crippen LogP contribution >= 0.6 is 15.9 Å². The molecular formula is C15H16BrFN2. The van der Waals surface area contributed by atoms with Crippen LogP contribution in [0.25, 0.3) is 0 Å². The summed E-state index contributed by atoms with van der Waals surface area (Å²) in [6.07, 6.45) is 0.514. The number of nitrogens with two attached hydrogens (primary N) is 1. The third-order valence-electron chi connectivity index (χ3n) is 3.27. The van der Waals surface area contributed by atoms with Crippen LogP contribution in [-0.2, 0) is 6.42 Å². The number of rotatable bonds is 4. The largest absolute Gasteiger partial charge is 0.271 e. The molecule has 0 heterocycles. The van der Waals surface area contributed by atoms with E-state index in [9.17, 15) is 4.39 Å². The fourth-order valence-corrected chi connectivity index (χ4v) is 2.53. The van der Waals surface area contributed by atoms with Gasteiger partial charge in [0, 0.05) is 4.47 Å². The Balaban J connectivity index is 2.31. The molecule has 2 nitrogen and oxygen atoms in total. The van der Waals surface area contributed by atoms with Crippen LogP contribution in [0.3, 0.4) is 0 Å². The fraction of sp³-hybridized carbons (Fsp3) is 0.200. The van der Waals surface area contributed by atoms with Crippen molar-refractivity contribution in [1.29, 1.82) is 0 Å². The van der Waals surface area contributed by atoms with Crippen molar-refractivity contribution in [3.05, 3.63) is 69.4 Å². The lowest BCUT2D eigenvalue weighted by Crippen LogP contribution is -2.30. The van der Waals surface area contributed by atoms with Gasteiger partial charge in [-0.25, -0.2) is 4.39 Å². The lowest BCUT2D eigenvalue weighted by atomic mass is 9.95. The van der Waals surface area contributed by atoms with E-state index in [4.69, 9.17) is 5.84 Å². The molecule has 0 fully saturated rings. The van der Waals surface area contributed by atoms with Crippen LogP contribution in [0.15, 0.2) is 46.9 Å². The number of hydrazine groups is 1. The highest BCUT2D eigenvalue weighted by atomic mass is 79.9. The summed E-state index contributed by atoms with van der Waals surface area (Å²) in [6, 6.07) is 12.6. The Kier molecular flexibility index (Phi) is 4.69. The average molecular weight is 323 g/mol. The zero-order valence-electron chi connectivity index (χ0n) is 10.7. The van der Waals surface area contributed by atoms with Crippen molar-refractivity contribution in [1.82, 2.24) is 5.43 Å². The highest BCUT2D eigenvalue weighted by molar-refractivity contribution is 9.10. The van der Waals surface area contributed by atoms with E-state index in [1.807, 2.05) is 31.2 Å². The molecule has 1 unspecified atom stereocenters. The molecule has 0 amide bonds. The Labute approximate surface area is 120 Å². The highest BCUT2D eigenvalue weighted by Crippen LogP contribution is 2.27. The van der Waals surface area contributed by atoms with Crippen LogP contribution in [0.4, 0.5) is 4.39 Å². The zero-order valence-corrected chi connectivity index (χ0v) is 12.2. The summed E-state index contributed by atoms with van der Waals surface area (Å²) in [6.45, 7) is 2.02. The predicted octanol–water partition coefficient (Wildman–Crippen LogP) is 3.64. The van der Waals surface area contributed by atoms with Gasteiger partial charge >= 0.3 is 0 Å². The molecule has 4 heteroatoms. The minimum Gasteiger partial charge on any atom is -0.271 e. The minimum absolute atomic E-state index is 0.116. The van der Waals surface area contributed by atoms with Gasteiger partial charge in [0.25, 0.3) is 0 Å². The van der Waals surface area contributed by atoms with E-state index in [1.54, 1.807) is 12.1 Å². The van der Waals surface area contributed by atoms with Crippen molar-refractivity contribution in [2.45, 2.75) is 19.4 Å². The topological polar surface area (TPSA) is 38.0 Å². The van der Waals surface area contributed by atoms with Gasteiger partial charge in [0.05, 0.1) is 6.04 Å². The third-order valence-corrected chi connectivity index (χ3v) is 4.13. The van der Waals surface area contributed by atoms with E-state index in [0.717, 1.165) is 15.6 Å². The summed E-state index contributed by atoms with van der Waals surface area (Å²) in [5.41, 5.74) is 5.61. The van der Waals surface area contributed by atoms with Gasteiger partial charge in [-0.1, -0.05) is 46.3 Å². The van der Waals surface area contributed by atoms with E-state index >= 15 is 0 Å². The number of benzene rings is 2. The van der Waals surface area contributed by atoms with Crippen molar-refractivity contribution in [3.8, 4) is 0 Å². The second-order valence-corrected chi connectivity index (χ2v) is 5.32. The molecule has 1 atom stereocenters. The number of hydrogen-bond acceptors (Lipinski definition) is 2. The van der Waals surface area contributed by atoms with Crippen LogP contribution in [0, 0.1) is 12.7 Å². The van der Waals surface area contributed by atoms with Crippen molar-refractivity contribution in [3.63, 3.8) is 0 Å². The lowest BCUT2D eigenvalue weighted by Gasteiger charge is -2.19.